The Morgan fingerprint density at radius 3 is 2.41 bits per heavy atom. The molecule has 9 nitrogen and oxygen atoms in total. The van der Waals surface area contributed by atoms with Crippen LogP contribution in [0.25, 0.3) is 0 Å². The van der Waals surface area contributed by atoms with Crippen LogP contribution in [0.1, 0.15) is 19.8 Å². The molecule has 0 rings (SSSR count). The molecule has 0 spiro atoms. The SMILES string of the molecule is C=C(COC(=O)CCSCC(C)C(=O)OCCCS(=O)(=O)[O-])C(=O)OC.[K+]. The van der Waals surface area contributed by atoms with Crippen molar-refractivity contribution in [3.63, 3.8) is 0 Å². The van der Waals surface area contributed by atoms with Gasteiger partial charge in [-0.2, -0.15) is 11.8 Å². The first-order valence-corrected chi connectivity index (χ1v) is 10.4. The average Bonchev–Trinajstić information content (AvgIpc) is 2.58. The van der Waals surface area contributed by atoms with E-state index in [1.165, 1.54) is 18.9 Å². The number of carbonyl (C=O) groups is 3. The monoisotopic (exact) mass is 450 g/mol. The first kappa shape index (κ1) is 29.2. The van der Waals surface area contributed by atoms with Crippen molar-refractivity contribution < 1.29 is 92.9 Å². The molecule has 0 N–H and O–H groups in total. The quantitative estimate of drug-likeness (QED) is 0.0739. The largest absolute Gasteiger partial charge is 1.00 e. The molecule has 0 aliphatic carbocycles. The Balaban J connectivity index is 0. The van der Waals surface area contributed by atoms with Gasteiger partial charge in [-0.1, -0.05) is 13.5 Å². The van der Waals surface area contributed by atoms with E-state index in [0.29, 0.717) is 11.5 Å². The van der Waals surface area contributed by atoms with Crippen LogP contribution in [0.5, 0.6) is 0 Å². The maximum atomic E-state index is 11.7. The third-order valence-corrected chi connectivity index (χ3v) is 4.90. The van der Waals surface area contributed by atoms with Crippen molar-refractivity contribution >= 4 is 39.8 Å². The summed E-state index contributed by atoms with van der Waals surface area (Å²) in [4.78, 5) is 34.2. The molecule has 27 heavy (non-hydrogen) atoms. The van der Waals surface area contributed by atoms with Crippen molar-refractivity contribution in [2.24, 2.45) is 5.92 Å². The zero-order chi connectivity index (χ0) is 20.2. The van der Waals surface area contributed by atoms with Crippen molar-refractivity contribution in [1.29, 1.82) is 0 Å². The Morgan fingerprint density at radius 2 is 1.85 bits per heavy atom. The molecule has 0 saturated heterocycles. The van der Waals surface area contributed by atoms with Gasteiger partial charge in [-0.05, 0) is 6.42 Å². The van der Waals surface area contributed by atoms with Crippen LogP contribution in [0.3, 0.4) is 0 Å². The third kappa shape index (κ3) is 16.7. The van der Waals surface area contributed by atoms with E-state index in [1.54, 1.807) is 6.92 Å². The molecule has 0 fully saturated rings. The Hall–Kier alpha value is 0.0464. The number of esters is 3. The number of ether oxygens (including phenoxy) is 3. The Kier molecular flexibility index (Phi) is 17.2. The van der Waals surface area contributed by atoms with Crippen molar-refractivity contribution in [1.82, 2.24) is 0 Å². The summed E-state index contributed by atoms with van der Waals surface area (Å²) in [6.45, 7) is 4.69. The zero-order valence-electron chi connectivity index (χ0n) is 15.7. The minimum atomic E-state index is -4.30. The van der Waals surface area contributed by atoms with Crippen LogP contribution >= 0.6 is 11.8 Å². The van der Waals surface area contributed by atoms with E-state index in [4.69, 9.17) is 9.47 Å². The van der Waals surface area contributed by atoms with Crippen LogP contribution < -0.4 is 51.4 Å². The van der Waals surface area contributed by atoms with Crippen LogP contribution in [0.2, 0.25) is 0 Å². The normalized spacial score (nSPS) is 11.7. The predicted molar refractivity (Wildman–Crippen MR) is 93.4 cm³/mol. The van der Waals surface area contributed by atoms with E-state index in [-0.39, 0.29) is 83.0 Å². The summed E-state index contributed by atoms with van der Waals surface area (Å²) in [5.41, 5.74) is 0.0367. The third-order valence-electron chi connectivity index (χ3n) is 2.89. The first-order valence-electron chi connectivity index (χ1n) is 7.66. The standard InChI is InChI=1S/C15H24O9S2.K/c1-11(14(17)22-3)9-24-13(16)5-7-25-10-12(2)15(18)23-6-4-8-26(19,20)21;/h12H,1,4-10H2,2-3H3,(H,19,20,21);/q;+1/p-1. The van der Waals surface area contributed by atoms with Crippen LogP contribution in [0, 0.1) is 5.92 Å². The van der Waals surface area contributed by atoms with Crippen LogP contribution in [-0.4, -0.2) is 68.5 Å². The molecule has 0 amide bonds. The van der Waals surface area contributed by atoms with Gasteiger partial charge in [0.2, 0.25) is 0 Å². The molecule has 150 valence electrons. The molecule has 0 saturated carbocycles. The van der Waals surface area contributed by atoms with Gasteiger partial charge in [-0.15, -0.1) is 0 Å². The van der Waals surface area contributed by atoms with Gasteiger partial charge < -0.3 is 18.8 Å². The molecular weight excluding hydrogens is 427 g/mol. The second-order valence-electron chi connectivity index (χ2n) is 5.26. The fourth-order valence-corrected chi connectivity index (χ4v) is 2.92. The molecule has 0 heterocycles. The van der Waals surface area contributed by atoms with Crippen LogP contribution in [-0.2, 0) is 38.7 Å². The van der Waals surface area contributed by atoms with Gasteiger partial charge in [0.25, 0.3) is 0 Å². The smallest absolute Gasteiger partial charge is 0.748 e. The van der Waals surface area contributed by atoms with Gasteiger partial charge in [0, 0.05) is 17.3 Å². The number of hydrogen-bond donors (Lipinski definition) is 0. The minimum absolute atomic E-state index is 0. The molecule has 0 aliphatic rings. The van der Waals surface area contributed by atoms with Crippen molar-refractivity contribution in [3.8, 4) is 0 Å². The van der Waals surface area contributed by atoms with E-state index in [0.717, 1.165) is 0 Å². The van der Waals surface area contributed by atoms with Gasteiger partial charge in [0.1, 0.15) is 6.61 Å². The molecule has 0 aliphatic heterocycles. The van der Waals surface area contributed by atoms with Crippen LogP contribution in [0.4, 0.5) is 0 Å². The Bertz CT molecular complexity index is 604. The van der Waals surface area contributed by atoms with Crippen LogP contribution in [0.15, 0.2) is 12.2 Å². The Labute approximate surface area is 206 Å². The summed E-state index contributed by atoms with van der Waals surface area (Å²) in [6.07, 6.45) is 0.0579. The van der Waals surface area contributed by atoms with Gasteiger partial charge >= 0.3 is 69.3 Å². The number of hydrogen-bond acceptors (Lipinski definition) is 10. The zero-order valence-corrected chi connectivity index (χ0v) is 20.5. The minimum Gasteiger partial charge on any atom is -0.748 e. The van der Waals surface area contributed by atoms with Crippen molar-refractivity contribution in [2.75, 3.05) is 37.6 Å². The van der Waals surface area contributed by atoms with E-state index in [2.05, 4.69) is 11.3 Å². The summed E-state index contributed by atoms with van der Waals surface area (Å²) < 4.78 is 45.4. The van der Waals surface area contributed by atoms with E-state index in [9.17, 15) is 27.4 Å². The van der Waals surface area contributed by atoms with Crippen molar-refractivity contribution in [2.45, 2.75) is 19.8 Å². The fourth-order valence-electron chi connectivity index (χ4n) is 1.48. The maximum Gasteiger partial charge on any atom is 1.00 e. The number of carbonyl (C=O) groups excluding carboxylic acids is 3. The number of rotatable bonds is 13. The molecule has 0 radical (unpaired) electrons. The summed E-state index contributed by atoms with van der Waals surface area (Å²) >= 11 is 1.34. The number of methoxy groups -OCH3 is 1. The average molecular weight is 451 g/mol. The number of thioether (sulfide) groups is 1. The van der Waals surface area contributed by atoms with E-state index >= 15 is 0 Å². The molecule has 0 aromatic carbocycles. The van der Waals surface area contributed by atoms with E-state index in [1.807, 2.05) is 0 Å². The predicted octanol–water partition coefficient (Wildman–Crippen LogP) is -2.50. The van der Waals surface area contributed by atoms with Crippen molar-refractivity contribution in [3.05, 3.63) is 12.2 Å². The topological polar surface area (TPSA) is 136 Å². The molecular formula is C15H23KO9S2. The second-order valence-corrected chi connectivity index (χ2v) is 7.94. The molecule has 0 aromatic rings. The molecule has 1 atom stereocenters. The molecule has 12 heteroatoms. The second kappa shape index (κ2) is 15.9. The molecule has 1 unspecified atom stereocenters. The Morgan fingerprint density at radius 1 is 1.22 bits per heavy atom. The summed E-state index contributed by atoms with van der Waals surface area (Å²) in [5.74, 6) is -1.86. The van der Waals surface area contributed by atoms with Gasteiger partial charge in [0.05, 0.1) is 41.7 Å². The fraction of sp³-hybridized carbons (Fsp3) is 0.667. The first-order chi connectivity index (χ1) is 12.1. The molecule has 0 bridgehead atoms. The summed E-state index contributed by atoms with van der Waals surface area (Å²) in [7, 11) is -3.11. The van der Waals surface area contributed by atoms with Gasteiger partial charge in [0.15, 0.2) is 0 Å². The van der Waals surface area contributed by atoms with Gasteiger partial charge in [-0.3, -0.25) is 9.59 Å². The summed E-state index contributed by atoms with van der Waals surface area (Å²) in [5, 5.41) is 0. The molecule has 0 aromatic heterocycles. The maximum absolute atomic E-state index is 11.7. The van der Waals surface area contributed by atoms with Gasteiger partial charge in [-0.25, -0.2) is 13.2 Å². The summed E-state index contributed by atoms with van der Waals surface area (Å²) in [6, 6.07) is 0. The van der Waals surface area contributed by atoms with E-state index < -0.39 is 39.7 Å².